The summed E-state index contributed by atoms with van der Waals surface area (Å²) in [5, 5.41) is 38.9. The molecule has 0 aromatic rings. The number of hydrogen-bond donors (Lipinski definition) is 1. The van der Waals surface area contributed by atoms with Gasteiger partial charge in [0.1, 0.15) is 5.60 Å². The van der Waals surface area contributed by atoms with Crippen LogP contribution in [0.15, 0.2) is 0 Å². The van der Waals surface area contributed by atoms with Crippen LogP contribution in [-0.4, -0.2) is 28.6 Å². The van der Waals surface area contributed by atoms with E-state index in [0.29, 0.717) is 0 Å². The Morgan fingerprint density at radius 2 is 1.29 bits per heavy atom. The number of carboxylic acid groups (broad SMARTS) is 3. The Hall–Kier alpha value is -0.279. The van der Waals surface area contributed by atoms with Crippen LogP contribution >= 0.6 is 0 Å². The van der Waals surface area contributed by atoms with Gasteiger partial charge >= 0.3 is 40.8 Å². The summed E-state index contributed by atoms with van der Waals surface area (Å²) in [6, 6.07) is 0. The van der Waals surface area contributed by atoms with E-state index in [2.05, 4.69) is 0 Å². The van der Waals surface area contributed by atoms with E-state index in [-0.39, 0.29) is 40.8 Å². The Morgan fingerprint density at radius 1 is 1.00 bits per heavy atom. The number of carboxylic acids is 3. The fraction of sp³-hybridized carbons (Fsp3) is 0.500. The van der Waals surface area contributed by atoms with Gasteiger partial charge in [0.15, 0.2) is 0 Å². The molecule has 1 N–H and O–H groups in total. The van der Waals surface area contributed by atoms with Crippen molar-refractivity contribution in [3.8, 4) is 0 Å². The summed E-state index contributed by atoms with van der Waals surface area (Å²) in [5.74, 6) is -5.98. The van der Waals surface area contributed by atoms with Gasteiger partial charge in [0.25, 0.3) is 0 Å². The molecule has 7 nitrogen and oxygen atoms in total. The summed E-state index contributed by atoms with van der Waals surface area (Å²) in [6.07, 6.45) is -2.72. The van der Waals surface area contributed by atoms with Crippen LogP contribution in [0.4, 0.5) is 0 Å². The molecular formula is C6H5NdO7. The zero-order valence-electron chi connectivity index (χ0n) is 6.81. The maximum atomic E-state index is 10.1. The van der Waals surface area contributed by atoms with Gasteiger partial charge in [0.05, 0.1) is 5.97 Å². The molecule has 0 saturated heterocycles. The third-order valence-electron chi connectivity index (χ3n) is 1.25. The number of carbonyl (C=O) groups is 3. The van der Waals surface area contributed by atoms with E-state index in [1.165, 1.54) is 0 Å². The molecule has 0 heterocycles. The zero-order valence-corrected chi connectivity index (χ0v) is 10.0. The molecule has 0 rings (SSSR count). The predicted molar refractivity (Wildman–Crippen MR) is 29.2 cm³/mol. The molecule has 0 amide bonds. The number of aliphatic hydroxyl groups is 1. The molecule has 0 aromatic heterocycles. The van der Waals surface area contributed by atoms with E-state index in [4.69, 9.17) is 5.11 Å². The number of carbonyl (C=O) groups excluding carboxylic acids is 3. The van der Waals surface area contributed by atoms with Gasteiger partial charge in [0.2, 0.25) is 0 Å². The molecule has 0 unspecified atom stereocenters. The Labute approximate surface area is 111 Å². The quantitative estimate of drug-likeness (QED) is 0.530. The van der Waals surface area contributed by atoms with E-state index in [1.807, 2.05) is 0 Å². The monoisotopic (exact) mass is 331 g/mol. The molecule has 8 heteroatoms. The molecule has 14 heavy (non-hydrogen) atoms. The average Bonchev–Trinajstić information content (AvgIpc) is 1.82. The summed E-state index contributed by atoms with van der Waals surface area (Å²) >= 11 is 0. The van der Waals surface area contributed by atoms with Crippen LogP contribution < -0.4 is 15.3 Å². The molecule has 0 aliphatic carbocycles. The van der Waals surface area contributed by atoms with E-state index < -0.39 is 36.4 Å². The predicted octanol–water partition coefficient (Wildman–Crippen LogP) is -5.25. The largest absolute Gasteiger partial charge is 3.00 e. The van der Waals surface area contributed by atoms with Gasteiger partial charge in [-0.2, -0.15) is 0 Å². The minimum atomic E-state index is -2.97. The summed E-state index contributed by atoms with van der Waals surface area (Å²) < 4.78 is 0. The van der Waals surface area contributed by atoms with Crippen molar-refractivity contribution in [2.45, 2.75) is 18.4 Å². The normalized spacial score (nSPS) is 10.1. The first-order valence-electron chi connectivity index (χ1n) is 3.11. The van der Waals surface area contributed by atoms with E-state index >= 15 is 0 Å². The van der Waals surface area contributed by atoms with Gasteiger partial charge in [-0.25, -0.2) is 0 Å². The summed E-state index contributed by atoms with van der Waals surface area (Å²) in [4.78, 5) is 30.0. The second kappa shape index (κ2) is 6.25. The third kappa shape index (κ3) is 5.45. The van der Waals surface area contributed by atoms with Crippen LogP contribution in [0.25, 0.3) is 0 Å². The fourth-order valence-corrected chi connectivity index (χ4v) is 0.684. The smallest absolute Gasteiger partial charge is 0.550 e. The van der Waals surface area contributed by atoms with Crippen LogP contribution in [0.3, 0.4) is 0 Å². The maximum absolute atomic E-state index is 10.1. The Morgan fingerprint density at radius 3 is 1.43 bits per heavy atom. The number of rotatable bonds is 5. The number of aliphatic carboxylic acids is 3. The Balaban J connectivity index is 0. The van der Waals surface area contributed by atoms with Gasteiger partial charge in [-0.3, -0.25) is 0 Å². The van der Waals surface area contributed by atoms with E-state index in [0.717, 1.165) is 0 Å². The number of hydrogen-bond acceptors (Lipinski definition) is 7. The van der Waals surface area contributed by atoms with Crippen molar-refractivity contribution in [3.05, 3.63) is 0 Å². The topological polar surface area (TPSA) is 141 Å². The minimum Gasteiger partial charge on any atom is -0.550 e. The molecule has 0 spiro atoms. The Kier molecular flexibility index (Phi) is 7.22. The van der Waals surface area contributed by atoms with Gasteiger partial charge < -0.3 is 34.8 Å². The van der Waals surface area contributed by atoms with E-state index in [9.17, 15) is 29.7 Å². The van der Waals surface area contributed by atoms with Crippen molar-refractivity contribution in [1.82, 2.24) is 0 Å². The second-order valence-corrected chi connectivity index (χ2v) is 2.42. The molecule has 75 valence electrons. The fourth-order valence-electron chi connectivity index (χ4n) is 0.684. The molecule has 0 fully saturated rings. The third-order valence-corrected chi connectivity index (χ3v) is 1.25. The van der Waals surface area contributed by atoms with Crippen molar-refractivity contribution in [1.29, 1.82) is 0 Å². The Bertz CT molecular complexity index is 233. The first kappa shape index (κ1) is 16.2. The SMILES string of the molecule is O=C([O-])CC(O)(CC(=O)[O-])C(=O)[O-].[Nd+3]. The first-order chi connectivity index (χ1) is 5.78. The molecule has 1 radical (unpaired) electrons. The van der Waals surface area contributed by atoms with Crippen LogP contribution in [0.5, 0.6) is 0 Å². The van der Waals surface area contributed by atoms with E-state index in [1.54, 1.807) is 0 Å². The molecule has 0 aliphatic heterocycles. The standard InChI is InChI=1S/C6H8O7.Nd/c7-3(8)1-6(13,5(11)12)2-4(9)10;/h13H,1-2H2,(H,7,8)(H,9,10)(H,11,12);/q;+3/p-3. The molecule has 0 aromatic carbocycles. The second-order valence-electron chi connectivity index (χ2n) is 2.42. The summed E-state index contributed by atoms with van der Waals surface area (Å²) in [5.41, 5.74) is -2.97. The molecule has 0 aliphatic rings. The first-order valence-corrected chi connectivity index (χ1v) is 3.11. The van der Waals surface area contributed by atoms with Crippen molar-refractivity contribution in [2.75, 3.05) is 0 Å². The zero-order chi connectivity index (χ0) is 10.6. The van der Waals surface area contributed by atoms with Gasteiger partial charge in [0, 0.05) is 24.8 Å². The van der Waals surface area contributed by atoms with Gasteiger partial charge in [-0.15, -0.1) is 0 Å². The molecule has 0 atom stereocenters. The van der Waals surface area contributed by atoms with Gasteiger partial charge in [-0.1, -0.05) is 0 Å². The van der Waals surface area contributed by atoms with Crippen LogP contribution in [0.1, 0.15) is 12.8 Å². The van der Waals surface area contributed by atoms with Crippen LogP contribution in [0.2, 0.25) is 0 Å². The molecule has 0 saturated carbocycles. The van der Waals surface area contributed by atoms with Crippen molar-refractivity contribution in [2.24, 2.45) is 0 Å². The maximum Gasteiger partial charge on any atom is 3.00 e. The molecule has 0 bridgehead atoms. The van der Waals surface area contributed by atoms with Crippen molar-refractivity contribution >= 4 is 17.9 Å². The summed E-state index contributed by atoms with van der Waals surface area (Å²) in [6.45, 7) is 0. The van der Waals surface area contributed by atoms with Crippen LogP contribution in [-0.2, 0) is 14.4 Å². The van der Waals surface area contributed by atoms with Crippen molar-refractivity contribution in [3.63, 3.8) is 0 Å². The minimum absolute atomic E-state index is 0. The van der Waals surface area contributed by atoms with Gasteiger partial charge in [-0.05, 0) is 0 Å². The van der Waals surface area contributed by atoms with Crippen molar-refractivity contribution < 1.29 is 75.6 Å². The molecular weight excluding hydrogens is 328 g/mol. The average molecular weight is 333 g/mol. The summed E-state index contributed by atoms with van der Waals surface area (Å²) in [7, 11) is 0. The van der Waals surface area contributed by atoms with Crippen LogP contribution in [0, 0.1) is 40.8 Å².